The highest BCUT2D eigenvalue weighted by atomic mass is 32.1. The molecule has 2 aliphatic rings. The van der Waals surface area contributed by atoms with Gasteiger partial charge < -0.3 is 20.5 Å². The van der Waals surface area contributed by atoms with Gasteiger partial charge in [-0.05, 0) is 35.9 Å². The maximum Gasteiger partial charge on any atom is 0.355 e. The van der Waals surface area contributed by atoms with Crippen molar-refractivity contribution in [3.05, 3.63) is 40.2 Å². The lowest BCUT2D eigenvalue weighted by Gasteiger charge is -2.44. The van der Waals surface area contributed by atoms with Crippen LogP contribution in [0.15, 0.2) is 29.8 Å². The van der Waals surface area contributed by atoms with Crippen molar-refractivity contribution in [2.75, 3.05) is 6.61 Å². The standard InChI is InChI=1S/C17H18N2O5S/c1-3-4-24-17(23)14-10(9-5-12(15(18)21)25-7-9)6-11-13(8(2)20)16(22)19(11)14/h3,5,7-8,11,13,20H,1,4,6H2,2H3,(H2,18,21). The van der Waals surface area contributed by atoms with E-state index < -0.39 is 23.9 Å². The third-order valence-corrected chi connectivity index (χ3v) is 5.39. The molecule has 8 heteroatoms. The van der Waals surface area contributed by atoms with E-state index in [2.05, 4.69) is 6.58 Å². The number of rotatable bonds is 6. The SMILES string of the molecule is C=CCOC(=O)C1=C(c2csc(C(N)=O)c2)CC2C(C(C)O)C(=O)N12. The highest BCUT2D eigenvalue weighted by Crippen LogP contribution is 2.47. The Morgan fingerprint density at radius 3 is 2.88 bits per heavy atom. The monoisotopic (exact) mass is 362 g/mol. The van der Waals surface area contributed by atoms with Crippen LogP contribution >= 0.6 is 11.3 Å². The summed E-state index contributed by atoms with van der Waals surface area (Å²) in [7, 11) is 0. The smallest absolute Gasteiger partial charge is 0.355 e. The summed E-state index contributed by atoms with van der Waals surface area (Å²) in [6.07, 6.45) is 1.05. The number of hydrogen-bond acceptors (Lipinski definition) is 6. The molecule has 0 aliphatic carbocycles. The van der Waals surface area contributed by atoms with Crippen LogP contribution in [0.5, 0.6) is 0 Å². The third-order valence-electron chi connectivity index (χ3n) is 4.44. The molecule has 3 unspecified atom stereocenters. The van der Waals surface area contributed by atoms with Crippen LogP contribution in [0.25, 0.3) is 5.57 Å². The molecule has 3 N–H and O–H groups in total. The molecular weight excluding hydrogens is 344 g/mol. The number of thiophene rings is 1. The van der Waals surface area contributed by atoms with Gasteiger partial charge in [0.2, 0.25) is 5.91 Å². The van der Waals surface area contributed by atoms with E-state index in [1.54, 1.807) is 18.4 Å². The van der Waals surface area contributed by atoms with Gasteiger partial charge in [0.25, 0.3) is 5.91 Å². The molecule has 1 fully saturated rings. The van der Waals surface area contributed by atoms with E-state index in [-0.39, 0.29) is 24.3 Å². The number of primary amides is 1. The van der Waals surface area contributed by atoms with E-state index in [4.69, 9.17) is 10.5 Å². The van der Waals surface area contributed by atoms with Gasteiger partial charge in [-0.1, -0.05) is 12.7 Å². The molecule has 3 heterocycles. The number of nitrogens with zero attached hydrogens (tertiary/aromatic N) is 1. The van der Waals surface area contributed by atoms with Gasteiger partial charge in [0.15, 0.2) is 0 Å². The quantitative estimate of drug-likeness (QED) is 0.444. The fraction of sp³-hybridized carbons (Fsp3) is 0.353. The average molecular weight is 362 g/mol. The molecule has 132 valence electrons. The second-order valence-corrected chi connectivity index (χ2v) is 6.94. The Kier molecular flexibility index (Phi) is 4.49. The Balaban J connectivity index is 2.00. The number of carbonyl (C=O) groups excluding carboxylic acids is 3. The van der Waals surface area contributed by atoms with Crippen LogP contribution in [0, 0.1) is 5.92 Å². The van der Waals surface area contributed by atoms with Crippen molar-refractivity contribution in [1.29, 1.82) is 0 Å². The zero-order chi connectivity index (χ0) is 18.3. The second kappa shape index (κ2) is 6.45. The molecule has 2 amide bonds. The number of esters is 1. The van der Waals surface area contributed by atoms with E-state index in [1.807, 2.05) is 0 Å². The first-order chi connectivity index (χ1) is 11.9. The Morgan fingerprint density at radius 2 is 2.32 bits per heavy atom. The van der Waals surface area contributed by atoms with Crippen molar-refractivity contribution in [3.63, 3.8) is 0 Å². The summed E-state index contributed by atoms with van der Waals surface area (Å²) in [6.45, 7) is 5.09. The average Bonchev–Trinajstić information content (AvgIpc) is 3.14. The van der Waals surface area contributed by atoms with Crippen LogP contribution in [0.4, 0.5) is 0 Å². The first-order valence-electron chi connectivity index (χ1n) is 7.77. The molecular formula is C17H18N2O5S. The van der Waals surface area contributed by atoms with E-state index in [1.165, 1.54) is 22.3 Å². The normalized spacial score (nSPS) is 23.1. The van der Waals surface area contributed by atoms with Crippen LogP contribution in [-0.2, 0) is 14.3 Å². The minimum Gasteiger partial charge on any atom is -0.457 e. The molecule has 0 bridgehead atoms. The number of nitrogens with two attached hydrogens (primary N) is 1. The zero-order valence-electron chi connectivity index (χ0n) is 13.6. The highest BCUT2D eigenvalue weighted by Gasteiger charge is 2.57. The van der Waals surface area contributed by atoms with Gasteiger partial charge in [0.1, 0.15) is 12.3 Å². The summed E-state index contributed by atoms with van der Waals surface area (Å²) >= 11 is 1.18. The van der Waals surface area contributed by atoms with Gasteiger partial charge in [-0.25, -0.2) is 4.79 Å². The number of aliphatic hydroxyl groups is 1. The maximum absolute atomic E-state index is 12.5. The van der Waals surface area contributed by atoms with Gasteiger partial charge >= 0.3 is 5.97 Å². The number of ether oxygens (including phenoxy) is 1. The van der Waals surface area contributed by atoms with E-state index in [9.17, 15) is 19.5 Å². The molecule has 1 aromatic rings. The molecule has 7 nitrogen and oxygen atoms in total. The van der Waals surface area contributed by atoms with Crippen molar-refractivity contribution in [2.45, 2.75) is 25.5 Å². The molecule has 2 aliphatic heterocycles. The molecule has 0 saturated carbocycles. The number of fused-ring (bicyclic) bond motifs is 1. The van der Waals surface area contributed by atoms with Crippen molar-refractivity contribution in [2.24, 2.45) is 11.7 Å². The first kappa shape index (κ1) is 17.4. The van der Waals surface area contributed by atoms with Crippen molar-refractivity contribution in [1.82, 2.24) is 4.90 Å². The Hall–Kier alpha value is -2.45. The van der Waals surface area contributed by atoms with E-state index >= 15 is 0 Å². The Morgan fingerprint density at radius 1 is 1.60 bits per heavy atom. The number of β-lactam (4-membered cyclic amide) rings is 1. The number of carbonyl (C=O) groups is 3. The van der Waals surface area contributed by atoms with Crippen LogP contribution < -0.4 is 5.73 Å². The lowest BCUT2D eigenvalue weighted by atomic mass is 9.82. The molecule has 3 rings (SSSR count). The predicted molar refractivity (Wildman–Crippen MR) is 91.3 cm³/mol. The number of amides is 2. The molecule has 1 aromatic heterocycles. The summed E-state index contributed by atoms with van der Waals surface area (Å²) < 4.78 is 5.12. The van der Waals surface area contributed by atoms with Gasteiger partial charge in [0, 0.05) is 0 Å². The lowest BCUT2D eigenvalue weighted by molar-refractivity contribution is -0.162. The second-order valence-electron chi connectivity index (χ2n) is 6.02. The fourth-order valence-electron chi connectivity index (χ4n) is 3.34. The summed E-state index contributed by atoms with van der Waals surface area (Å²) in [5, 5.41) is 11.6. The third kappa shape index (κ3) is 2.77. The van der Waals surface area contributed by atoms with Crippen molar-refractivity contribution < 1.29 is 24.2 Å². The Labute approximate surface area is 148 Å². The van der Waals surface area contributed by atoms with Crippen molar-refractivity contribution >= 4 is 34.7 Å². The van der Waals surface area contributed by atoms with E-state index in [0.717, 1.165) is 0 Å². The molecule has 3 atom stereocenters. The van der Waals surface area contributed by atoms with Gasteiger partial charge in [-0.3, -0.25) is 9.59 Å². The lowest BCUT2D eigenvalue weighted by Crippen LogP contribution is -2.61. The highest BCUT2D eigenvalue weighted by molar-refractivity contribution is 7.12. The first-order valence-corrected chi connectivity index (χ1v) is 8.65. The van der Waals surface area contributed by atoms with Gasteiger partial charge in [0.05, 0.1) is 22.9 Å². The zero-order valence-corrected chi connectivity index (χ0v) is 14.4. The Bertz CT molecular complexity index is 795. The molecule has 0 radical (unpaired) electrons. The van der Waals surface area contributed by atoms with Crippen LogP contribution in [0.2, 0.25) is 0 Å². The van der Waals surface area contributed by atoms with Gasteiger partial charge in [-0.2, -0.15) is 0 Å². The largest absolute Gasteiger partial charge is 0.457 e. The number of hydrogen-bond donors (Lipinski definition) is 2. The van der Waals surface area contributed by atoms with Crippen molar-refractivity contribution in [3.8, 4) is 0 Å². The van der Waals surface area contributed by atoms with Gasteiger partial charge in [-0.15, -0.1) is 11.3 Å². The molecule has 0 spiro atoms. The number of aliphatic hydroxyl groups excluding tert-OH is 1. The summed E-state index contributed by atoms with van der Waals surface area (Å²) in [6, 6.07) is 1.32. The molecule has 1 saturated heterocycles. The molecule has 25 heavy (non-hydrogen) atoms. The van der Waals surface area contributed by atoms with Crippen LogP contribution in [0.1, 0.15) is 28.6 Å². The summed E-state index contributed by atoms with van der Waals surface area (Å²) in [4.78, 5) is 38.0. The minimum absolute atomic E-state index is 0.0261. The summed E-state index contributed by atoms with van der Waals surface area (Å²) in [5.74, 6) is -2.02. The van der Waals surface area contributed by atoms with Crippen LogP contribution in [-0.4, -0.2) is 46.5 Å². The topological polar surface area (TPSA) is 110 Å². The fourth-order valence-corrected chi connectivity index (χ4v) is 4.12. The molecule has 0 aromatic carbocycles. The minimum atomic E-state index is -0.804. The van der Waals surface area contributed by atoms with E-state index in [0.29, 0.717) is 22.4 Å². The maximum atomic E-state index is 12.5. The summed E-state index contributed by atoms with van der Waals surface area (Å²) in [5.41, 5.74) is 6.75. The predicted octanol–water partition coefficient (Wildman–Crippen LogP) is 0.899. The van der Waals surface area contributed by atoms with Crippen LogP contribution in [0.3, 0.4) is 0 Å².